The van der Waals surface area contributed by atoms with E-state index in [1.165, 1.54) is 0 Å². The van der Waals surface area contributed by atoms with E-state index in [1.54, 1.807) is 36.5 Å². The van der Waals surface area contributed by atoms with Gasteiger partial charge < -0.3 is 75.8 Å². The van der Waals surface area contributed by atoms with Crippen LogP contribution in [0.5, 0.6) is 0 Å². The average molecular weight is 1060 g/mol. The van der Waals surface area contributed by atoms with E-state index in [9.17, 15) is 43.2 Å². The molecule has 4 rings (SSSR count). The SMILES string of the molecule is CCCCCCCC(=O)N[C@H](CN)C(=O)N[C@H]1CCNC(=O)[C@H](Cc2c[nH]c3ccccc23)NC(=O)[C@H](CCN)NC(=O)[C@H](CCN)NC(=O)[C@H](CC(C)C)NC(=O)[C@@H](Cc2ccccc2)NC(=O)[C@H](CCN)NC1=O. The largest absolute Gasteiger partial charge is 0.361 e. The first kappa shape index (κ1) is 61.6. The molecule has 1 fully saturated rings. The Bertz CT molecular complexity index is 2380. The van der Waals surface area contributed by atoms with Crippen LogP contribution in [0.3, 0.4) is 0 Å². The molecule has 3 aromatic rings. The molecule has 76 heavy (non-hydrogen) atoms. The second kappa shape index (κ2) is 32.5. The topological polar surface area (TPSA) is 382 Å². The first-order valence-electron chi connectivity index (χ1n) is 26.6. The normalized spacial score (nSPS) is 22.3. The molecule has 0 aliphatic carbocycles. The number of hydrogen-bond donors (Lipinski definition) is 14. The van der Waals surface area contributed by atoms with E-state index < -0.39 is 101 Å². The molecular weight excluding hydrogens is 977 g/mol. The number of unbranched alkanes of at least 4 members (excludes halogenated alkanes) is 4. The molecule has 0 saturated carbocycles. The van der Waals surface area contributed by atoms with E-state index >= 15 is 0 Å². The summed E-state index contributed by atoms with van der Waals surface area (Å²) >= 11 is 0. The maximum atomic E-state index is 14.4. The standard InChI is InChI=1S/C53H82N14O9/c1-4-5-6-7-11-18-45(68)60-44(30-57)53(76)64-40-22-26-58-46(69)43(29-34-31-59-36-17-13-12-16-35(34)36)67-49(72)39(21-25-56)61-47(70)37(19-23-54)63-51(74)41(27-32(2)3)65-52(75)42(28-33-14-9-8-10-15-33)66-48(71)38(20-24-55)62-50(40)73/h8-10,12-17,31-32,37-44,59H,4-7,11,18-30,54-57H2,1-3H3,(H,58,69)(H,60,68)(H,61,70)(H,62,73)(H,63,74)(H,64,76)(H,65,75)(H,66,71)(H,67,72)/t37-,38-,39-,40-,41-,42+,43-,44+/m0/s1. The molecule has 18 N–H and O–H groups in total. The van der Waals surface area contributed by atoms with E-state index in [0.717, 1.165) is 36.6 Å². The molecule has 9 amide bonds. The molecule has 0 unspecified atom stereocenters. The molecule has 2 aromatic carbocycles. The summed E-state index contributed by atoms with van der Waals surface area (Å²) in [5, 5.41) is 25.2. The highest BCUT2D eigenvalue weighted by molar-refractivity contribution is 5.98. The number of benzene rings is 2. The highest BCUT2D eigenvalue weighted by Crippen LogP contribution is 2.20. The molecule has 1 aliphatic heterocycles. The third kappa shape index (κ3) is 20.0. The third-order valence-electron chi connectivity index (χ3n) is 13.0. The van der Waals surface area contributed by atoms with Crippen molar-refractivity contribution in [1.82, 2.24) is 52.8 Å². The lowest BCUT2D eigenvalue weighted by Gasteiger charge is -2.28. The molecule has 8 atom stereocenters. The quantitative estimate of drug-likeness (QED) is 0.0525. The van der Waals surface area contributed by atoms with Crippen molar-refractivity contribution in [3.8, 4) is 0 Å². The Morgan fingerprint density at radius 1 is 0.605 bits per heavy atom. The number of aromatic amines is 1. The van der Waals surface area contributed by atoms with Crippen LogP contribution in [-0.4, -0.2) is 139 Å². The maximum Gasteiger partial charge on any atom is 0.244 e. The lowest BCUT2D eigenvalue weighted by Crippen LogP contribution is -2.61. The predicted molar refractivity (Wildman–Crippen MR) is 288 cm³/mol. The van der Waals surface area contributed by atoms with E-state index in [-0.39, 0.29) is 90.0 Å². The van der Waals surface area contributed by atoms with Gasteiger partial charge in [-0.3, -0.25) is 43.2 Å². The third-order valence-corrected chi connectivity index (χ3v) is 13.0. The van der Waals surface area contributed by atoms with Gasteiger partial charge in [0.1, 0.15) is 48.3 Å². The summed E-state index contributed by atoms with van der Waals surface area (Å²) in [7, 11) is 0. The van der Waals surface area contributed by atoms with Crippen molar-refractivity contribution >= 4 is 64.1 Å². The summed E-state index contributed by atoms with van der Waals surface area (Å²) in [6.45, 7) is 4.91. The Morgan fingerprint density at radius 3 is 1.70 bits per heavy atom. The molecule has 1 saturated heterocycles. The second-order valence-corrected chi connectivity index (χ2v) is 19.6. The van der Waals surface area contributed by atoms with Crippen LogP contribution in [0.1, 0.15) is 103 Å². The van der Waals surface area contributed by atoms with Crippen molar-refractivity contribution in [3.05, 3.63) is 71.9 Å². The van der Waals surface area contributed by atoms with Crippen LogP contribution in [0.2, 0.25) is 0 Å². The molecule has 1 aliphatic rings. The van der Waals surface area contributed by atoms with Crippen LogP contribution in [0.4, 0.5) is 0 Å². The summed E-state index contributed by atoms with van der Waals surface area (Å²) in [6, 6.07) is 5.60. The second-order valence-electron chi connectivity index (χ2n) is 19.6. The number of carbonyl (C=O) groups excluding carboxylic acids is 9. The van der Waals surface area contributed by atoms with E-state index in [2.05, 4.69) is 59.8 Å². The molecule has 23 nitrogen and oxygen atoms in total. The molecule has 0 bridgehead atoms. The van der Waals surface area contributed by atoms with Gasteiger partial charge in [0.2, 0.25) is 53.2 Å². The number of fused-ring (bicyclic) bond motifs is 1. The van der Waals surface area contributed by atoms with Crippen molar-refractivity contribution in [3.63, 3.8) is 0 Å². The average Bonchev–Trinajstić information content (AvgIpc) is 3.80. The molecule has 0 spiro atoms. The number of H-pyrrole nitrogens is 1. The van der Waals surface area contributed by atoms with Crippen molar-refractivity contribution in [2.75, 3.05) is 32.7 Å². The van der Waals surface area contributed by atoms with E-state index in [4.69, 9.17) is 22.9 Å². The number of amides is 9. The minimum atomic E-state index is -1.46. The van der Waals surface area contributed by atoms with Crippen LogP contribution >= 0.6 is 0 Å². The van der Waals surface area contributed by atoms with E-state index in [1.807, 2.05) is 38.1 Å². The Kier molecular flexibility index (Phi) is 26.3. The summed E-state index contributed by atoms with van der Waals surface area (Å²) in [5.74, 6) is -6.81. The van der Waals surface area contributed by atoms with Crippen molar-refractivity contribution in [2.24, 2.45) is 28.9 Å². The smallest absolute Gasteiger partial charge is 0.244 e. The first-order chi connectivity index (χ1) is 36.5. The minimum Gasteiger partial charge on any atom is -0.361 e. The number of nitrogens with two attached hydrogens (primary N) is 4. The summed E-state index contributed by atoms with van der Waals surface area (Å²) in [5.41, 5.74) is 26.0. The number of hydrogen-bond acceptors (Lipinski definition) is 13. The predicted octanol–water partition coefficient (Wildman–Crippen LogP) is -1.24. The fourth-order valence-corrected chi connectivity index (χ4v) is 8.82. The van der Waals surface area contributed by atoms with Crippen molar-refractivity contribution in [1.29, 1.82) is 0 Å². The summed E-state index contributed by atoms with van der Waals surface area (Å²) in [6.07, 6.45) is 5.76. The van der Waals surface area contributed by atoms with Gasteiger partial charge in [0.15, 0.2) is 0 Å². The van der Waals surface area contributed by atoms with Crippen LogP contribution < -0.4 is 70.8 Å². The van der Waals surface area contributed by atoms with Crippen LogP contribution in [0.25, 0.3) is 10.9 Å². The summed E-state index contributed by atoms with van der Waals surface area (Å²) in [4.78, 5) is 130. The Morgan fingerprint density at radius 2 is 1.12 bits per heavy atom. The number of para-hydroxylation sites is 1. The zero-order chi connectivity index (χ0) is 55.6. The molecule has 23 heteroatoms. The zero-order valence-electron chi connectivity index (χ0n) is 44.2. The van der Waals surface area contributed by atoms with Gasteiger partial charge in [-0.25, -0.2) is 0 Å². The molecule has 2 heterocycles. The van der Waals surface area contributed by atoms with E-state index in [0.29, 0.717) is 17.5 Å². The monoisotopic (exact) mass is 1060 g/mol. The molecule has 0 radical (unpaired) electrons. The Labute approximate surface area is 444 Å². The molecular formula is C53H82N14O9. The van der Waals surface area contributed by atoms with Gasteiger partial charge in [-0.2, -0.15) is 0 Å². The minimum absolute atomic E-state index is 0.0437. The van der Waals surface area contributed by atoms with Gasteiger partial charge >= 0.3 is 0 Å². The van der Waals surface area contributed by atoms with Crippen LogP contribution in [0, 0.1) is 5.92 Å². The van der Waals surface area contributed by atoms with Crippen LogP contribution in [0.15, 0.2) is 60.8 Å². The number of carbonyl (C=O) groups is 9. The Balaban J connectivity index is 1.78. The fourth-order valence-electron chi connectivity index (χ4n) is 8.82. The lowest BCUT2D eigenvalue weighted by molar-refractivity contribution is -0.136. The van der Waals surface area contributed by atoms with Gasteiger partial charge in [-0.1, -0.05) is 95.0 Å². The fraction of sp³-hybridized carbons (Fsp3) is 0.566. The number of nitrogens with one attached hydrogen (secondary N) is 10. The lowest BCUT2D eigenvalue weighted by atomic mass is 10.00. The number of rotatable bonds is 22. The first-order valence-corrected chi connectivity index (χ1v) is 26.6. The Hall–Kier alpha value is -6.95. The zero-order valence-corrected chi connectivity index (χ0v) is 44.2. The van der Waals surface area contributed by atoms with Crippen molar-refractivity contribution < 1.29 is 43.2 Å². The van der Waals surface area contributed by atoms with Crippen LogP contribution in [-0.2, 0) is 56.0 Å². The van der Waals surface area contributed by atoms with Gasteiger partial charge in [-0.05, 0) is 81.3 Å². The highest BCUT2D eigenvalue weighted by Gasteiger charge is 2.35. The van der Waals surface area contributed by atoms with Crippen molar-refractivity contribution in [2.45, 2.75) is 153 Å². The van der Waals surface area contributed by atoms with Gasteiger partial charge in [0, 0.05) is 49.5 Å². The van der Waals surface area contributed by atoms with Gasteiger partial charge in [0.05, 0.1) is 0 Å². The molecule has 418 valence electrons. The highest BCUT2D eigenvalue weighted by atomic mass is 16.2. The van der Waals surface area contributed by atoms with Gasteiger partial charge in [0.25, 0.3) is 0 Å². The number of aromatic nitrogens is 1. The summed E-state index contributed by atoms with van der Waals surface area (Å²) < 4.78 is 0. The maximum absolute atomic E-state index is 14.4. The molecule has 1 aromatic heterocycles. The van der Waals surface area contributed by atoms with Gasteiger partial charge in [-0.15, -0.1) is 0 Å².